The Morgan fingerprint density at radius 3 is 3.00 bits per heavy atom. The Labute approximate surface area is 129 Å². The van der Waals surface area contributed by atoms with Crippen molar-refractivity contribution in [2.24, 2.45) is 0 Å². The van der Waals surface area contributed by atoms with Crippen LogP contribution in [0.5, 0.6) is 0 Å². The fourth-order valence-corrected chi connectivity index (χ4v) is 2.85. The van der Waals surface area contributed by atoms with Crippen molar-refractivity contribution in [3.63, 3.8) is 0 Å². The van der Waals surface area contributed by atoms with Crippen molar-refractivity contribution >= 4 is 28.7 Å². The number of rotatable bonds is 7. The lowest BCUT2D eigenvalue weighted by molar-refractivity contribution is -0.119. The van der Waals surface area contributed by atoms with Crippen molar-refractivity contribution in [2.45, 2.75) is 38.0 Å². The number of thioether (sulfide) groups is 1. The molecule has 0 spiro atoms. The molecule has 5 heteroatoms. The van der Waals surface area contributed by atoms with Gasteiger partial charge in [0.2, 0.25) is 5.91 Å². The first-order chi connectivity index (χ1) is 10.2. The number of carbonyl (C=O) groups excluding carboxylic acids is 1. The SMILES string of the molecule is C=CCn1c(SCC(=O)NC(C)CC)nc2ccccc21. The minimum atomic E-state index is 0.0477. The highest BCUT2D eigenvalue weighted by atomic mass is 32.2. The summed E-state index contributed by atoms with van der Waals surface area (Å²) in [5.74, 6) is 0.428. The van der Waals surface area contributed by atoms with Crippen LogP contribution < -0.4 is 5.32 Å². The molecule has 1 aromatic carbocycles. The Morgan fingerprint density at radius 2 is 2.29 bits per heavy atom. The zero-order valence-corrected chi connectivity index (χ0v) is 13.3. The Bertz CT molecular complexity index is 635. The van der Waals surface area contributed by atoms with Crippen LogP contribution in [0.4, 0.5) is 0 Å². The number of nitrogens with one attached hydrogen (secondary N) is 1. The quantitative estimate of drug-likeness (QED) is 0.631. The molecular weight excluding hydrogens is 282 g/mol. The summed E-state index contributed by atoms with van der Waals surface area (Å²) in [6, 6.07) is 8.20. The molecule has 0 fully saturated rings. The van der Waals surface area contributed by atoms with E-state index in [9.17, 15) is 4.79 Å². The van der Waals surface area contributed by atoms with E-state index in [0.717, 1.165) is 22.6 Å². The van der Waals surface area contributed by atoms with Gasteiger partial charge in [0.1, 0.15) is 0 Å². The zero-order chi connectivity index (χ0) is 15.2. The van der Waals surface area contributed by atoms with E-state index in [1.54, 1.807) is 0 Å². The molecule has 0 aliphatic rings. The van der Waals surface area contributed by atoms with Crippen LogP contribution in [0.25, 0.3) is 11.0 Å². The first-order valence-electron chi connectivity index (χ1n) is 7.14. The molecule has 0 bridgehead atoms. The van der Waals surface area contributed by atoms with Crippen LogP contribution in [0.3, 0.4) is 0 Å². The van der Waals surface area contributed by atoms with Gasteiger partial charge in [-0.05, 0) is 25.5 Å². The molecule has 1 aromatic heterocycles. The number of imidazole rings is 1. The average molecular weight is 303 g/mol. The minimum Gasteiger partial charge on any atom is -0.353 e. The number of amides is 1. The number of para-hydroxylation sites is 2. The van der Waals surface area contributed by atoms with E-state index in [2.05, 4.69) is 28.4 Å². The molecule has 1 N–H and O–H groups in total. The van der Waals surface area contributed by atoms with Gasteiger partial charge in [-0.1, -0.05) is 36.9 Å². The lowest BCUT2D eigenvalue weighted by Gasteiger charge is -2.11. The minimum absolute atomic E-state index is 0.0477. The fraction of sp³-hybridized carbons (Fsp3) is 0.375. The number of fused-ring (bicyclic) bond motifs is 1. The molecule has 2 rings (SSSR count). The topological polar surface area (TPSA) is 46.9 Å². The van der Waals surface area contributed by atoms with E-state index < -0.39 is 0 Å². The fourth-order valence-electron chi connectivity index (χ4n) is 2.02. The second-order valence-electron chi connectivity index (χ2n) is 4.95. The number of aromatic nitrogens is 2. The maximum atomic E-state index is 11.9. The molecule has 1 amide bonds. The van der Waals surface area contributed by atoms with E-state index >= 15 is 0 Å². The Morgan fingerprint density at radius 1 is 1.52 bits per heavy atom. The monoisotopic (exact) mass is 303 g/mol. The summed E-state index contributed by atoms with van der Waals surface area (Å²) in [5, 5.41) is 3.82. The summed E-state index contributed by atoms with van der Waals surface area (Å²) in [7, 11) is 0. The summed E-state index contributed by atoms with van der Waals surface area (Å²) < 4.78 is 2.09. The van der Waals surface area contributed by atoms with E-state index in [1.165, 1.54) is 11.8 Å². The number of allylic oxidation sites excluding steroid dienone is 1. The van der Waals surface area contributed by atoms with Crippen LogP contribution in [0.1, 0.15) is 20.3 Å². The predicted octanol–water partition coefficient (Wildman–Crippen LogP) is 3.23. The van der Waals surface area contributed by atoms with Crippen LogP contribution >= 0.6 is 11.8 Å². The summed E-state index contributed by atoms with van der Waals surface area (Å²) in [4.78, 5) is 16.5. The smallest absolute Gasteiger partial charge is 0.230 e. The lowest BCUT2D eigenvalue weighted by Crippen LogP contribution is -2.33. The third-order valence-corrected chi connectivity index (χ3v) is 4.26. The van der Waals surface area contributed by atoms with Crippen molar-refractivity contribution in [1.29, 1.82) is 0 Å². The maximum Gasteiger partial charge on any atom is 0.230 e. The Kier molecular flexibility index (Phi) is 5.44. The van der Waals surface area contributed by atoms with Gasteiger partial charge in [-0.2, -0.15) is 0 Å². The molecular formula is C16H21N3OS. The van der Waals surface area contributed by atoms with Gasteiger partial charge in [0.15, 0.2) is 5.16 Å². The van der Waals surface area contributed by atoms with Gasteiger partial charge in [0, 0.05) is 12.6 Å². The number of carbonyl (C=O) groups is 1. The van der Waals surface area contributed by atoms with Crippen LogP contribution in [-0.2, 0) is 11.3 Å². The third kappa shape index (κ3) is 3.88. The second-order valence-corrected chi connectivity index (χ2v) is 5.89. The number of hydrogen-bond donors (Lipinski definition) is 1. The highest BCUT2D eigenvalue weighted by Crippen LogP contribution is 2.23. The number of nitrogens with zero attached hydrogens (tertiary/aromatic N) is 2. The first kappa shape index (κ1) is 15.6. The van der Waals surface area contributed by atoms with Gasteiger partial charge in [-0.15, -0.1) is 6.58 Å². The summed E-state index contributed by atoms with van der Waals surface area (Å²) >= 11 is 1.47. The van der Waals surface area contributed by atoms with Gasteiger partial charge < -0.3 is 9.88 Å². The summed E-state index contributed by atoms with van der Waals surface area (Å²) in [5.41, 5.74) is 2.02. The van der Waals surface area contributed by atoms with Crippen molar-refractivity contribution < 1.29 is 4.79 Å². The van der Waals surface area contributed by atoms with Crippen LogP contribution in [0, 0.1) is 0 Å². The van der Waals surface area contributed by atoms with Crippen LogP contribution in [0.2, 0.25) is 0 Å². The predicted molar refractivity (Wildman–Crippen MR) is 88.5 cm³/mol. The third-order valence-electron chi connectivity index (χ3n) is 3.28. The molecule has 21 heavy (non-hydrogen) atoms. The van der Waals surface area contributed by atoms with Gasteiger partial charge in [-0.3, -0.25) is 4.79 Å². The van der Waals surface area contributed by atoms with E-state index in [-0.39, 0.29) is 11.9 Å². The molecule has 4 nitrogen and oxygen atoms in total. The molecule has 0 aliphatic heterocycles. The van der Waals surface area contributed by atoms with Crippen molar-refractivity contribution in [2.75, 3.05) is 5.75 Å². The molecule has 0 saturated heterocycles. The van der Waals surface area contributed by atoms with Gasteiger partial charge >= 0.3 is 0 Å². The first-order valence-corrected chi connectivity index (χ1v) is 8.12. The molecule has 0 aliphatic carbocycles. The number of benzene rings is 1. The molecule has 0 saturated carbocycles. The molecule has 1 atom stereocenters. The van der Waals surface area contributed by atoms with E-state index in [4.69, 9.17) is 0 Å². The normalized spacial score (nSPS) is 12.3. The average Bonchev–Trinajstić information content (AvgIpc) is 2.83. The molecule has 0 radical (unpaired) electrons. The Hall–Kier alpha value is -1.75. The van der Waals surface area contributed by atoms with Gasteiger partial charge in [0.25, 0.3) is 0 Å². The summed E-state index contributed by atoms with van der Waals surface area (Å²) in [6.07, 6.45) is 2.78. The summed E-state index contributed by atoms with van der Waals surface area (Å²) in [6.45, 7) is 8.55. The van der Waals surface area contributed by atoms with Crippen molar-refractivity contribution in [1.82, 2.24) is 14.9 Å². The molecule has 112 valence electrons. The standard InChI is InChI=1S/C16H21N3OS/c1-4-10-19-14-9-7-6-8-13(14)18-16(19)21-11-15(20)17-12(3)5-2/h4,6-9,12H,1,5,10-11H2,2-3H3,(H,17,20). The zero-order valence-electron chi connectivity index (χ0n) is 12.5. The highest BCUT2D eigenvalue weighted by Gasteiger charge is 2.12. The maximum absolute atomic E-state index is 11.9. The largest absolute Gasteiger partial charge is 0.353 e. The van der Waals surface area contributed by atoms with Gasteiger partial charge in [0.05, 0.1) is 16.8 Å². The van der Waals surface area contributed by atoms with Crippen LogP contribution in [0.15, 0.2) is 42.1 Å². The second kappa shape index (κ2) is 7.31. The lowest BCUT2D eigenvalue weighted by atomic mass is 10.3. The van der Waals surface area contributed by atoms with E-state index in [1.807, 2.05) is 37.3 Å². The molecule has 1 heterocycles. The molecule has 1 unspecified atom stereocenters. The van der Waals surface area contributed by atoms with Crippen molar-refractivity contribution in [3.8, 4) is 0 Å². The van der Waals surface area contributed by atoms with Crippen molar-refractivity contribution in [3.05, 3.63) is 36.9 Å². The Balaban J connectivity index is 2.12. The number of hydrogen-bond acceptors (Lipinski definition) is 3. The highest BCUT2D eigenvalue weighted by molar-refractivity contribution is 7.99. The van der Waals surface area contributed by atoms with E-state index in [0.29, 0.717) is 12.3 Å². The van der Waals surface area contributed by atoms with Gasteiger partial charge in [-0.25, -0.2) is 4.98 Å². The molecule has 2 aromatic rings. The van der Waals surface area contributed by atoms with Crippen LogP contribution in [-0.4, -0.2) is 27.3 Å².